The summed E-state index contributed by atoms with van der Waals surface area (Å²) in [6.45, 7) is 18.7. The molecule has 67 heavy (non-hydrogen) atoms. The second kappa shape index (κ2) is 24.4. The first-order valence-corrected chi connectivity index (χ1v) is 23.9. The minimum Gasteiger partial charge on any atom is -0.453 e. The molecule has 3 saturated heterocycles. The van der Waals surface area contributed by atoms with Crippen LogP contribution in [0.1, 0.15) is 128 Å². The summed E-state index contributed by atoms with van der Waals surface area (Å²) in [6.07, 6.45) is 3.49. The van der Waals surface area contributed by atoms with E-state index >= 15 is 0 Å². The van der Waals surface area contributed by atoms with Crippen molar-refractivity contribution in [3.05, 3.63) is 89.5 Å². The van der Waals surface area contributed by atoms with Crippen LogP contribution in [-0.4, -0.2) is 105 Å². The van der Waals surface area contributed by atoms with Gasteiger partial charge in [0.1, 0.15) is 12.6 Å². The number of methoxy groups -OCH3 is 2. The van der Waals surface area contributed by atoms with Gasteiger partial charge < -0.3 is 45.3 Å². The van der Waals surface area contributed by atoms with E-state index in [0.29, 0.717) is 31.7 Å². The largest absolute Gasteiger partial charge is 0.453 e. The molecular weight excluding hydrogens is 851 g/mol. The molecule has 0 radical (unpaired) electrons. The fourth-order valence-electron chi connectivity index (χ4n) is 8.83. The van der Waals surface area contributed by atoms with E-state index in [0.717, 1.165) is 60.6 Å². The topological polar surface area (TPSA) is 171 Å². The van der Waals surface area contributed by atoms with E-state index in [1.165, 1.54) is 24.7 Å². The molecule has 3 fully saturated rings. The predicted molar refractivity (Wildman–Crippen MR) is 271 cm³/mol. The number of alkyl carbamates (subject to hydrolysis) is 2. The third kappa shape index (κ3) is 14.7. The van der Waals surface area contributed by atoms with Crippen molar-refractivity contribution in [2.45, 2.75) is 130 Å². The Kier molecular flexibility index (Phi) is 19.0. The summed E-state index contributed by atoms with van der Waals surface area (Å²) in [5.74, 6) is 0.320. The molecule has 3 heterocycles. The molecule has 0 unspecified atom stereocenters. The van der Waals surface area contributed by atoms with Crippen LogP contribution < -0.4 is 26.2 Å². The zero-order chi connectivity index (χ0) is 48.8. The first-order chi connectivity index (χ1) is 31.9. The minimum atomic E-state index is -0.697. The number of anilines is 3. The van der Waals surface area contributed by atoms with Crippen LogP contribution in [0.5, 0.6) is 0 Å². The first-order valence-electron chi connectivity index (χ1n) is 23.9. The quantitative estimate of drug-likeness (QED) is 0.115. The summed E-state index contributed by atoms with van der Waals surface area (Å²) in [6, 6.07) is 24.0. The van der Waals surface area contributed by atoms with Crippen molar-refractivity contribution in [3.8, 4) is 0 Å². The summed E-state index contributed by atoms with van der Waals surface area (Å²) < 4.78 is 15.3. The van der Waals surface area contributed by atoms with Crippen molar-refractivity contribution in [1.82, 2.24) is 20.4 Å². The van der Waals surface area contributed by atoms with Crippen LogP contribution in [0.4, 0.5) is 26.7 Å². The van der Waals surface area contributed by atoms with Gasteiger partial charge in [-0.05, 0) is 109 Å². The molecule has 3 aliphatic rings. The summed E-state index contributed by atoms with van der Waals surface area (Å²) >= 11 is 0. The number of ether oxygens (including phenoxy) is 3. The average Bonchev–Trinajstić information content (AvgIpc) is 4.09. The fourth-order valence-corrected chi connectivity index (χ4v) is 8.83. The zero-order valence-corrected chi connectivity index (χ0v) is 41.4. The van der Waals surface area contributed by atoms with Crippen LogP contribution >= 0.6 is 0 Å². The van der Waals surface area contributed by atoms with Gasteiger partial charge in [0.25, 0.3) is 0 Å². The molecule has 374 valence electrons. The fraction of sp³-hybridized carbons (Fsp3) is 0.558. The molecule has 3 aromatic rings. The zero-order valence-electron chi connectivity index (χ0n) is 41.4. The third-order valence-electron chi connectivity index (χ3n) is 12.5. The van der Waals surface area contributed by atoms with Gasteiger partial charge in [-0.3, -0.25) is 19.3 Å². The molecule has 15 heteroatoms. The third-order valence-corrected chi connectivity index (χ3v) is 12.5. The van der Waals surface area contributed by atoms with Crippen LogP contribution in [-0.2, 0) is 34.0 Å². The highest BCUT2D eigenvalue weighted by molar-refractivity contribution is 5.98. The van der Waals surface area contributed by atoms with Gasteiger partial charge in [0, 0.05) is 35.9 Å². The highest BCUT2D eigenvalue weighted by atomic mass is 16.5. The molecule has 15 nitrogen and oxygen atoms in total. The Morgan fingerprint density at radius 1 is 0.687 bits per heavy atom. The van der Waals surface area contributed by atoms with Crippen molar-refractivity contribution in [1.29, 1.82) is 0 Å². The molecule has 6 rings (SSSR count). The van der Waals surface area contributed by atoms with Crippen LogP contribution in [0.3, 0.4) is 0 Å². The minimum absolute atomic E-state index is 0. The maximum absolute atomic E-state index is 13.6. The maximum Gasteiger partial charge on any atom is 0.407 e. The smallest absolute Gasteiger partial charge is 0.407 e. The molecule has 5 atom stereocenters. The van der Waals surface area contributed by atoms with Gasteiger partial charge >= 0.3 is 12.2 Å². The molecule has 0 saturated carbocycles. The van der Waals surface area contributed by atoms with E-state index in [9.17, 15) is 24.0 Å². The van der Waals surface area contributed by atoms with Gasteiger partial charge in [-0.15, -0.1) is 0 Å². The number of hydrogen-bond donors (Lipinski definition) is 4. The lowest BCUT2D eigenvalue weighted by Crippen LogP contribution is -2.47. The normalized spacial score (nSPS) is 19.9. The lowest BCUT2D eigenvalue weighted by molar-refractivity contribution is -0.135. The molecule has 4 N–H and O–H groups in total. The Hall–Kier alpha value is -5.67. The summed E-state index contributed by atoms with van der Waals surface area (Å²) in [5.41, 5.74) is 6.02. The number of carbonyl (C=O) groups is 5. The first kappa shape index (κ1) is 52.3. The molecular formula is C52H83N7O8. The van der Waals surface area contributed by atoms with Gasteiger partial charge in [0.2, 0.25) is 17.7 Å². The molecule has 0 spiro atoms. The number of hydrogen-bond acceptors (Lipinski definition) is 10. The van der Waals surface area contributed by atoms with Crippen molar-refractivity contribution >= 4 is 47.0 Å². The summed E-state index contributed by atoms with van der Waals surface area (Å²) in [4.78, 5) is 69.1. The maximum atomic E-state index is 13.6. The summed E-state index contributed by atoms with van der Waals surface area (Å²) in [7, 11) is 2.57. The number of nitrogens with zero attached hydrogens (tertiary/aromatic N) is 3. The molecule has 0 aromatic heterocycles. The van der Waals surface area contributed by atoms with Gasteiger partial charge in [0.05, 0.1) is 51.7 Å². The van der Waals surface area contributed by atoms with E-state index in [-0.39, 0.29) is 72.2 Å². The number of nitrogens with one attached hydrogen (secondary N) is 4. The number of rotatable bonds is 15. The SMILES string of the molecule is CC(C)C.COC(=O)NCC(=O)N1CCC[C@H]1C(=O)Nc1ccc([C@H]2CC[C@H](c3ccc(NC(=O)[C@@H]4CCCN4COC[C@@H](NC(=O)OC)C(C)C)cc3)N2c2ccc(C(C)(C)C)cc2)cc1.[HH].[HH].[HH].[HH]. The molecule has 3 aliphatic heterocycles. The lowest BCUT2D eigenvalue weighted by Gasteiger charge is -2.34. The van der Waals surface area contributed by atoms with Crippen LogP contribution in [0, 0.1) is 11.8 Å². The van der Waals surface area contributed by atoms with E-state index < -0.39 is 18.2 Å². The number of carbonyl (C=O) groups excluding carboxylic acids is 5. The number of likely N-dealkylation sites (tertiary alicyclic amines) is 2. The Morgan fingerprint density at radius 2 is 1.19 bits per heavy atom. The van der Waals surface area contributed by atoms with Crippen LogP contribution in [0.15, 0.2) is 72.8 Å². The molecule has 5 amide bonds. The van der Waals surface area contributed by atoms with Gasteiger partial charge in [-0.1, -0.05) is 91.8 Å². The molecule has 0 bridgehead atoms. The Balaban J connectivity index is 0.00000303. The van der Waals surface area contributed by atoms with Gasteiger partial charge in [-0.25, -0.2) is 9.59 Å². The lowest BCUT2D eigenvalue weighted by atomic mass is 9.87. The second-order valence-corrected chi connectivity index (χ2v) is 19.8. The monoisotopic (exact) mass is 934 g/mol. The van der Waals surface area contributed by atoms with Crippen LogP contribution in [0.25, 0.3) is 0 Å². The Bertz CT molecular complexity index is 2110. The van der Waals surface area contributed by atoms with Gasteiger partial charge in [0.15, 0.2) is 0 Å². The second-order valence-electron chi connectivity index (χ2n) is 19.8. The van der Waals surface area contributed by atoms with Crippen LogP contribution in [0.2, 0.25) is 0 Å². The average molecular weight is 934 g/mol. The van der Waals surface area contributed by atoms with Crippen molar-refractivity contribution in [3.63, 3.8) is 0 Å². The van der Waals surface area contributed by atoms with Crippen molar-refractivity contribution in [2.75, 3.05) is 62.7 Å². The Morgan fingerprint density at radius 3 is 1.70 bits per heavy atom. The molecule has 0 aliphatic carbocycles. The van der Waals surface area contributed by atoms with E-state index in [2.05, 4.69) is 121 Å². The predicted octanol–water partition coefficient (Wildman–Crippen LogP) is 9.76. The summed E-state index contributed by atoms with van der Waals surface area (Å²) in [5, 5.41) is 11.4. The van der Waals surface area contributed by atoms with Crippen molar-refractivity contribution in [2.24, 2.45) is 11.8 Å². The standard InChI is InChI=1S/C48H65N7O8.C4H10.4H2/c1-31(2)38(52-47(60)62-7)29-63-30-53-26-8-10-41(53)44(57)50-35-18-12-32(13-19-35)39-24-25-40(55(39)37-22-16-34(17-23-37)48(3,4)5)33-14-20-36(21-15-33)51-45(58)42-11-9-27-54(42)43(56)28-49-46(59)61-6;1-4(2)3;;;;/h12-23,31,38-42H,8-11,24-30H2,1-7H3,(H,49,59)(H,50,57)(H,51,58)(H,52,60);4H,1-3H3;4*1H/t38-,39-,40-,41+,42+;;;;;/m1...../s1. The number of benzene rings is 3. The highest BCUT2D eigenvalue weighted by Gasteiger charge is 2.37. The van der Waals surface area contributed by atoms with E-state index in [1.54, 1.807) is 0 Å². The number of amides is 5. The molecule has 3 aromatic carbocycles. The van der Waals surface area contributed by atoms with E-state index in [4.69, 9.17) is 9.47 Å². The van der Waals surface area contributed by atoms with Crippen molar-refractivity contribution < 1.29 is 43.9 Å². The van der Waals surface area contributed by atoms with E-state index in [1.807, 2.05) is 43.0 Å². The Labute approximate surface area is 404 Å². The van der Waals surface area contributed by atoms with Gasteiger partial charge in [-0.2, -0.15) is 0 Å². The highest BCUT2D eigenvalue weighted by Crippen LogP contribution is 2.47.